The Balaban J connectivity index is 2.25. The molecule has 1 atom stereocenters. The number of ether oxygens (including phenoxy) is 1. The minimum absolute atomic E-state index is 0.127. The largest absolute Gasteiger partial charge is 0.392 e. The Morgan fingerprint density at radius 2 is 2.36 bits per heavy atom. The van der Waals surface area contributed by atoms with Crippen LogP contribution in [0.4, 0.5) is 0 Å². The molecule has 1 fully saturated rings. The summed E-state index contributed by atoms with van der Waals surface area (Å²) in [5.74, 6) is 0.558. The van der Waals surface area contributed by atoms with E-state index in [9.17, 15) is 0 Å². The first kappa shape index (κ1) is 9.69. The summed E-state index contributed by atoms with van der Waals surface area (Å²) >= 11 is 0. The van der Waals surface area contributed by atoms with Crippen LogP contribution in [0, 0.1) is 6.92 Å². The van der Waals surface area contributed by atoms with Crippen LogP contribution in [0.2, 0.25) is 0 Å². The molecular formula is C12H16O2. The van der Waals surface area contributed by atoms with Gasteiger partial charge < -0.3 is 9.84 Å². The molecule has 14 heavy (non-hydrogen) atoms. The van der Waals surface area contributed by atoms with Crippen molar-refractivity contribution in [2.45, 2.75) is 25.9 Å². The van der Waals surface area contributed by atoms with Gasteiger partial charge in [-0.05, 0) is 30.0 Å². The van der Waals surface area contributed by atoms with E-state index in [0.29, 0.717) is 5.92 Å². The van der Waals surface area contributed by atoms with E-state index in [4.69, 9.17) is 9.84 Å². The van der Waals surface area contributed by atoms with Gasteiger partial charge in [-0.3, -0.25) is 0 Å². The van der Waals surface area contributed by atoms with Gasteiger partial charge in [-0.25, -0.2) is 0 Å². The summed E-state index contributed by atoms with van der Waals surface area (Å²) in [4.78, 5) is 0. The lowest BCUT2D eigenvalue weighted by Crippen LogP contribution is -2.01. The first-order chi connectivity index (χ1) is 6.81. The van der Waals surface area contributed by atoms with E-state index >= 15 is 0 Å². The van der Waals surface area contributed by atoms with Crippen LogP contribution in [0.1, 0.15) is 29.0 Å². The first-order valence-corrected chi connectivity index (χ1v) is 5.09. The molecule has 1 unspecified atom stereocenters. The molecule has 1 saturated heterocycles. The number of aliphatic hydroxyl groups is 1. The minimum Gasteiger partial charge on any atom is -0.392 e. The van der Waals surface area contributed by atoms with Gasteiger partial charge in [0.25, 0.3) is 0 Å². The second kappa shape index (κ2) is 4.11. The molecule has 0 saturated carbocycles. The van der Waals surface area contributed by atoms with E-state index < -0.39 is 0 Å². The number of benzene rings is 1. The van der Waals surface area contributed by atoms with Crippen molar-refractivity contribution in [2.75, 3.05) is 13.2 Å². The number of rotatable bonds is 2. The smallest absolute Gasteiger partial charge is 0.0681 e. The van der Waals surface area contributed by atoms with Crippen LogP contribution in [-0.4, -0.2) is 18.3 Å². The lowest BCUT2D eigenvalue weighted by Gasteiger charge is -2.12. The molecule has 1 aliphatic rings. The molecule has 2 rings (SSSR count). The highest BCUT2D eigenvalue weighted by molar-refractivity contribution is 5.33. The summed E-state index contributed by atoms with van der Waals surface area (Å²) in [7, 11) is 0. The van der Waals surface area contributed by atoms with Crippen LogP contribution < -0.4 is 0 Å². The highest BCUT2D eigenvalue weighted by Gasteiger charge is 2.19. The van der Waals surface area contributed by atoms with E-state index in [1.54, 1.807) is 0 Å². The third-order valence-corrected chi connectivity index (χ3v) is 2.89. The zero-order valence-corrected chi connectivity index (χ0v) is 8.49. The molecule has 1 aromatic carbocycles. The quantitative estimate of drug-likeness (QED) is 0.776. The van der Waals surface area contributed by atoms with Gasteiger partial charge in [0.1, 0.15) is 0 Å². The van der Waals surface area contributed by atoms with Crippen LogP contribution in [0.15, 0.2) is 18.2 Å². The van der Waals surface area contributed by atoms with Crippen molar-refractivity contribution < 1.29 is 9.84 Å². The third kappa shape index (κ3) is 1.81. The molecule has 0 aromatic heterocycles. The van der Waals surface area contributed by atoms with Gasteiger partial charge in [0.15, 0.2) is 0 Å². The van der Waals surface area contributed by atoms with Crippen molar-refractivity contribution in [2.24, 2.45) is 0 Å². The molecule has 0 radical (unpaired) electrons. The van der Waals surface area contributed by atoms with Crippen LogP contribution in [-0.2, 0) is 11.3 Å². The predicted octanol–water partition coefficient (Wildman–Crippen LogP) is 1.99. The third-order valence-electron chi connectivity index (χ3n) is 2.89. The Bertz CT molecular complexity index is 314. The van der Waals surface area contributed by atoms with Crippen molar-refractivity contribution in [3.05, 3.63) is 34.9 Å². The number of aliphatic hydroxyl groups excluding tert-OH is 1. The molecule has 0 aliphatic carbocycles. The number of hydrogen-bond donors (Lipinski definition) is 1. The van der Waals surface area contributed by atoms with E-state index in [1.807, 2.05) is 6.07 Å². The van der Waals surface area contributed by atoms with Gasteiger partial charge >= 0.3 is 0 Å². The van der Waals surface area contributed by atoms with Crippen LogP contribution in [0.25, 0.3) is 0 Å². The van der Waals surface area contributed by atoms with Crippen molar-refractivity contribution >= 4 is 0 Å². The molecule has 76 valence electrons. The van der Waals surface area contributed by atoms with Crippen molar-refractivity contribution in [1.29, 1.82) is 0 Å². The van der Waals surface area contributed by atoms with Gasteiger partial charge in [0.2, 0.25) is 0 Å². The summed E-state index contributed by atoms with van der Waals surface area (Å²) in [5.41, 5.74) is 3.64. The lowest BCUT2D eigenvalue weighted by molar-refractivity contribution is 0.194. The van der Waals surface area contributed by atoms with Crippen LogP contribution in [0.3, 0.4) is 0 Å². The molecule has 2 nitrogen and oxygen atoms in total. The van der Waals surface area contributed by atoms with E-state index in [0.717, 1.165) is 25.2 Å². The SMILES string of the molecule is Cc1cc(CO)ccc1C1CCOC1. The average Bonchev–Trinajstić information content (AvgIpc) is 2.70. The maximum Gasteiger partial charge on any atom is 0.0681 e. The molecule has 2 heteroatoms. The average molecular weight is 192 g/mol. The zero-order chi connectivity index (χ0) is 9.97. The Morgan fingerprint density at radius 1 is 1.50 bits per heavy atom. The topological polar surface area (TPSA) is 29.5 Å². The minimum atomic E-state index is 0.127. The summed E-state index contributed by atoms with van der Waals surface area (Å²) in [6.45, 7) is 3.96. The van der Waals surface area contributed by atoms with Gasteiger partial charge in [-0.15, -0.1) is 0 Å². The molecule has 1 heterocycles. The molecular weight excluding hydrogens is 176 g/mol. The summed E-state index contributed by atoms with van der Waals surface area (Å²) < 4.78 is 5.37. The number of hydrogen-bond acceptors (Lipinski definition) is 2. The standard InChI is InChI=1S/C12H16O2/c1-9-6-10(7-13)2-3-12(9)11-4-5-14-8-11/h2-3,6,11,13H,4-5,7-8H2,1H3. The van der Waals surface area contributed by atoms with Crippen molar-refractivity contribution in [1.82, 2.24) is 0 Å². The van der Waals surface area contributed by atoms with Crippen LogP contribution in [0.5, 0.6) is 0 Å². The summed E-state index contributed by atoms with van der Waals surface area (Å²) in [6, 6.07) is 6.19. The first-order valence-electron chi connectivity index (χ1n) is 5.09. The second-order valence-electron chi connectivity index (χ2n) is 3.91. The van der Waals surface area contributed by atoms with Gasteiger partial charge in [0.05, 0.1) is 13.2 Å². The van der Waals surface area contributed by atoms with Crippen LogP contribution >= 0.6 is 0 Å². The molecule has 1 aromatic rings. The van der Waals surface area contributed by atoms with Gasteiger partial charge in [-0.1, -0.05) is 18.2 Å². The maximum atomic E-state index is 8.99. The zero-order valence-electron chi connectivity index (χ0n) is 8.49. The maximum absolute atomic E-state index is 8.99. The highest BCUT2D eigenvalue weighted by atomic mass is 16.5. The van der Waals surface area contributed by atoms with Crippen molar-refractivity contribution in [3.8, 4) is 0 Å². The Hall–Kier alpha value is -0.860. The lowest BCUT2D eigenvalue weighted by atomic mass is 9.93. The summed E-state index contributed by atoms with van der Waals surface area (Å²) in [5, 5.41) is 8.99. The fraction of sp³-hybridized carbons (Fsp3) is 0.500. The predicted molar refractivity (Wildman–Crippen MR) is 55.3 cm³/mol. The highest BCUT2D eigenvalue weighted by Crippen LogP contribution is 2.28. The Morgan fingerprint density at radius 3 is 2.93 bits per heavy atom. The molecule has 1 N–H and O–H groups in total. The fourth-order valence-corrected chi connectivity index (χ4v) is 2.07. The summed E-state index contributed by atoms with van der Waals surface area (Å²) in [6.07, 6.45) is 1.12. The van der Waals surface area contributed by atoms with Crippen molar-refractivity contribution in [3.63, 3.8) is 0 Å². The Kier molecular flexibility index (Phi) is 2.85. The molecule has 0 amide bonds. The van der Waals surface area contributed by atoms with E-state index in [1.165, 1.54) is 11.1 Å². The van der Waals surface area contributed by atoms with Gasteiger partial charge in [0, 0.05) is 12.5 Å². The molecule has 1 aliphatic heterocycles. The molecule has 0 spiro atoms. The van der Waals surface area contributed by atoms with Gasteiger partial charge in [-0.2, -0.15) is 0 Å². The monoisotopic (exact) mass is 192 g/mol. The van der Waals surface area contributed by atoms with E-state index in [-0.39, 0.29) is 6.61 Å². The second-order valence-corrected chi connectivity index (χ2v) is 3.91. The molecule has 0 bridgehead atoms. The fourth-order valence-electron chi connectivity index (χ4n) is 2.07. The Labute approximate surface area is 84.5 Å². The normalized spacial score (nSPS) is 21.4. The number of aryl methyl sites for hydroxylation is 1. The van der Waals surface area contributed by atoms with E-state index in [2.05, 4.69) is 19.1 Å².